The fourth-order valence-electron chi connectivity index (χ4n) is 2.45. The van der Waals surface area contributed by atoms with Gasteiger partial charge >= 0.3 is 0 Å². The van der Waals surface area contributed by atoms with Crippen LogP contribution in [-0.2, 0) is 4.74 Å². The van der Waals surface area contributed by atoms with Crippen LogP contribution in [0.1, 0.15) is 40.5 Å². The molecule has 3 heteroatoms. The van der Waals surface area contributed by atoms with Crippen LogP contribution in [0.4, 0.5) is 4.39 Å². The lowest BCUT2D eigenvalue weighted by Crippen LogP contribution is -2.55. The van der Waals surface area contributed by atoms with Gasteiger partial charge in [0.25, 0.3) is 0 Å². The van der Waals surface area contributed by atoms with Crippen molar-refractivity contribution in [1.82, 2.24) is 4.90 Å². The lowest BCUT2D eigenvalue weighted by atomic mass is 9.91. The number of piperidine rings is 1. The summed E-state index contributed by atoms with van der Waals surface area (Å²) in [4.78, 5) is 2.28. The Bertz CT molecular complexity index is 204. The number of halogens is 1. The molecule has 2 unspecified atom stereocenters. The van der Waals surface area contributed by atoms with Crippen LogP contribution in [0, 0.1) is 5.92 Å². The van der Waals surface area contributed by atoms with Gasteiger partial charge in [-0.3, -0.25) is 4.90 Å². The van der Waals surface area contributed by atoms with Crippen LogP contribution in [0.15, 0.2) is 0 Å². The molecule has 0 amide bonds. The lowest BCUT2D eigenvalue weighted by Gasteiger charge is -2.42. The number of nitrogens with zero attached hydrogens (tertiary/aromatic N) is 1. The van der Waals surface area contributed by atoms with E-state index in [0.29, 0.717) is 6.61 Å². The maximum absolute atomic E-state index is 13.7. The summed E-state index contributed by atoms with van der Waals surface area (Å²) in [5, 5.41) is 0. The van der Waals surface area contributed by atoms with Crippen LogP contribution in [0.3, 0.4) is 0 Å². The molecule has 2 heterocycles. The molecule has 2 fully saturated rings. The Morgan fingerprint density at radius 1 is 1.25 bits per heavy atom. The first-order valence-electron chi connectivity index (χ1n) is 6.60. The average Bonchev–Trinajstić information content (AvgIpc) is 2.64. The van der Waals surface area contributed by atoms with E-state index in [1.807, 2.05) is 20.8 Å². The molecule has 0 aromatic heterocycles. The third kappa shape index (κ3) is 2.75. The summed E-state index contributed by atoms with van der Waals surface area (Å²) in [5.74, 6) is 0.801. The molecular formula is C13H26FNO. The van der Waals surface area contributed by atoms with E-state index < -0.39 is 6.17 Å². The lowest BCUT2D eigenvalue weighted by molar-refractivity contribution is 0.0239. The van der Waals surface area contributed by atoms with Crippen LogP contribution < -0.4 is 0 Å². The van der Waals surface area contributed by atoms with Gasteiger partial charge in [-0.15, -0.1) is 0 Å². The van der Waals surface area contributed by atoms with E-state index in [0.717, 1.165) is 19.0 Å². The molecule has 0 radical (unpaired) electrons. The molecule has 0 spiro atoms. The third-order valence-electron chi connectivity index (χ3n) is 3.84. The van der Waals surface area contributed by atoms with Gasteiger partial charge < -0.3 is 4.74 Å². The molecule has 0 N–H and O–H groups in total. The van der Waals surface area contributed by atoms with E-state index in [2.05, 4.69) is 11.8 Å². The second-order valence-electron chi connectivity index (χ2n) is 5.01. The SMILES string of the molecule is CC.CC1CCN(C2(C)COCC2F)CC1. The summed E-state index contributed by atoms with van der Waals surface area (Å²) in [6, 6.07) is 0. The Morgan fingerprint density at radius 3 is 2.25 bits per heavy atom. The number of hydrogen-bond acceptors (Lipinski definition) is 2. The molecular weight excluding hydrogens is 205 g/mol. The number of alkyl halides is 1. The fraction of sp³-hybridized carbons (Fsp3) is 1.00. The molecule has 2 rings (SSSR count). The highest BCUT2D eigenvalue weighted by Crippen LogP contribution is 2.32. The van der Waals surface area contributed by atoms with Crippen LogP contribution in [0.2, 0.25) is 0 Å². The Hall–Kier alpha value is -0.150. The topological polar surface area (TPSA) is 12.5 Å². The molecule has 2 nitrogen and oxygen atoms in total. The average molecular weight is 231 g/mol. The Balaban J connectivity index is 0.000000606. The molecule has 16 heavy (non-hydrogen) atoms. The largest absolute Gasteiger partial charge is 0.376 e. The standard InChI is InChI=1S/C11H20FNO.C2H6/c1-9-3-5-13(6-4-9)11(2)8-14-7-10(11)12;1-2/h9-10H,3-8H2,1-2H3;1-2H3. The summed E-state index contributed by atoms with van der Waals surface area (Å²) < 4.78 is 18.9. The summed E-state index contributed by atoms with van der Waals surface area (Å²) in [6.07, 6.45) is 1.58. The minimum Gasteiger partial charge on any atom is -0.376 e. The van der Waals surface area contributed by atoms with Crippen molar-refractivity contribution < 1.29 is 9.13 Å². The zero-order valence-electron chi connectivity index (χ0n) is 11.1. The van der Waals surface area contributed by atoms with Crippen molar-refractivity contribution >= 4 is 0 Å². The number of likely N-dealkylation sites (tertiary alicyclic amines) is 1. The van der Waals surface area contributed by atoms with Gasteiger partial charge in [0.1, 0.15) is 6.17 Å². The van der Waals surface area contributed by atoms with Crippen molar-refractivity contribution in [1.29, 1.82) is 0 Å². The van der Waals surface area contributed by atoms with Crippen molar-refractivity contribution in [3.8, 4) is 0 Å². The Morgan fingerprint density at radius 2 is 1.81 bits per heavy atom. The fourth-order valence-corrected chi connectivity index (χ4v) is 2.45. The van der Waals surface area contributed by atoms with Gasteiger partial charge in [0.2, 0.25) is 0 Å². The maximum atomic E-state index is 13.7. The molecule has 96 valence electrons. The van der Waals surface area contributed by atoms with Crippen LogP contribution in [0.25, 0.3) is 0 Å². The molecule has 2 aliphatic rings. The summed E-state index contributed by atoms with van der Waals surface area (Å²) in [5.41, 5.74) is -0.347. The van der Waals surface area contributed by atoms with Gasteiger partial charge in [0, 0.05) is 0 Å². The second kappa shape index (κ2) is 5.97. The highest BCUT2D eigenvalue weighted by molar-refractivity contribution is 4.98. The van der Waals surface area contributed by atoms with E-state index in [-0.39, 0.29) is 12.1 Å². The predicted molar refractivity (Wildman–Crippen MR) is 65.4 cm³/mol. The monoisotopic (exact) mass is 231 g/mol. The normalized spacial score (nSPS) is 36.9. The number of rotatable bonds is 1. The van der Waals surface area contributed by atoms with Gasteiger partial charge in [0.15, 0.2) is 0 Å². The van der Waals surface area contributed by atoms with E-state index in [4.69, 9.17) is 4.74 Å². The van der Waals surface area contributed by atoms with E-state index in [1.54, 1.807) is 0 Å². The third-order valence-corrected chi connectivity index (χ3v) is 3.84. The highest BCUT2D eigenvalue weighted by Gasteiger charge is 2.45. The van der Waals surface area contributed by atoms with Crippen molar-refractivity contribution in [3.05, 3.63) is 0 Å². The van der Waals surface area contributed by atoms with Crippen molar-refractivity contribution in [2.45, 2.75) is 52.2 Å². The van der Waals surface area contributed by atoms with Crippen molar-refractivity contribution in [3.63, 3.8) is 0 Å². The molecule has 0 aliphatic carbocycles. The van der Waals surface area contributed by atoms with Gasteiger partial charge in [0.05, 0.1) is 18.8 Å². The zero-order valence-corrected chi connectivity index (χ0v) is 11.1. The van der Waals surface area contributed by atoms with E-state index in [9.17, 15) is 4.39 Å². The molecule has 0 aromatic carbocycles. The summed E-state index contributed by atoms with van der Waals surface area (Å²) >= 11 is 0. The molecule has 0 bridgehead atoms. The molecule has 2 saturated heterocycles. The highest BCUT2D eigenvalue weighted by atomic mass is 19.1. The molecule has 2 atom stereocenters. The number of hydrogen-bond donors (Lipinski definition) is 0. The first-order valence-corrected chi connectivity index (χ1v) is 6.60. The zero-order chi connectivity index (χ0) is 12.2. The molecule has 2 aliphatic heterocycles. The van der Waals surface area contributed by atoms with Crippen LogP contribution >= 0.6 is 0 Å². The maximum Gasteiger partial charge on any atom is 0.144 e. The minimum atomic E-state index is -0.809. The van der Waals surface area contributed by atoms with Gasteiger partial charge in [-0.05, 0) is 38.8 Å². The molecule has 0 aromatic rings. The minimum absolute atomic E-state index is 0.280. The van der Waals surface area contributed by atoms with E-state index >= 15 is 0 Å². The van der Waals surface area contributed by atoms with Gasteiger partial charge in [-0.25, -0.2) is 4.39 Å². The Labute approximate surface area is 99.2 Å². The summed E-state index contributed by atoms with van der Waals surface area (Å²) in [7, 11) is 0. The van der Waals surface area contributed by atoms with Crippen molar-refractivity contribution in [2.75, 3.05) is 26.3 Å². The first-order chi connectivity index (χ1) is 7.63. The van der Waals surface area contributed by atoms with E-state index in [1.165, 1.54) is 12.8 Å². The second-order valence-corrected chi connectivity index (χ2v) is 5.01. The quantitative estimate of drug-likeness (QED) is 0.688. The first kappa shape index (κ1) is 13.9. The predicted octanol–water partition coefficient (Wildman–Crippen LogP) is 2.87. The Kier molecular flexibility index (Phi) is 5.19. The molecule has 0 saturated carbocycles. The summed E-state index contributed by atoms with van der Waals surface area (Å²) in [6.45, 7) is 11.2. The van der Waals surface area contributed by atoms with Crippen molar-refractivity contribution in [2.24, 2.45) is 5.92 Å². The van der Waals surface area contributed by atoms with Crippen LogP contribution in [0.5, 0.6) is 0 Å². The van der Waals surface area contributed by atoms with Crippen LogP contribution in [-0.4, -0.2) is 42.9 Å². The number of ether oxygens (including phenoxy) is 1. The van der Waals surface area contributed by atoms with Gasteiger partial charge in [-0.2, -0.15) is 0 Å². The smallest absolute Gasteiger partial charge is 0.144 e. The van der Waals surface area contributed by atoms with Gasteiger partial charge in [-0.1, -0.05) is 20.8 Å².